The van der Waals surface area contributed by atoms with E-state index in [-0.39, 0.29) is 29.2 Å². The number of fused-ring (bicyclic) bond motifs is 1. The van der Waals surface area contributed by atoms with Crippen molar-refractivity contribution in [2.45, 2.75) is 64.6 Å². The molecule has 0 bridgehead atoms. The maximum absolute atomic E-state index is 13.2. The van der Waals surface area contributed by atoms with Gasteiger partial charge in [0.2, 0.25) is 11.7 Å². The smallest absolute Gasteiger partial charge is 0.292 e. The van der Waals surface area contributed by atoms with Crippen LogP contribution in [0.3, 0.4) is 0 Å². The van der Waals surface area contributed by atoms with Gasteiger partial charge in [0.25, 0.3) is 5.91 Å². The van der Waals surface area contributed by atoms with Gasteiger partial charge in [0.15, 0.2) is 0 Å². The highest BCUT2D eigenvalue weighted by molar-refractivity contribution is 5.93. The highest BCUT2D eigenvalue weighted by Crippen LogP contribution is 2.39. The van der Waals surface area contributed by atoms with Crippen LogP contribution < -0.4 is 0 Å². The molecule has 2 aromatic heterocycles. The molecule has 2 amide bonds. The number of aromatic nitrogens is 3. The molecule has 0 saturated carbocycles. The van der Waals surface area contributed by atoms with E-state index >= 15 is 0 Å². The summed E-state index contributed by atoms with van der Waals surface area (Å²) in [6.45, 7) is 7.95. The third-order valence-corrected chi connectivity index (χ3v) is 6.27. The first-order chi connectivity index (χ1) is 13.4. The SMILES string of the molecule is CCn1cc(-c2cc(C(=O)N3CCC[C@@]4(C)[C@H]3CCCN4C(C)=O)on2)cn1. The van der Waals surface area contributed by atoms with Gasteiger partial charge in [-0.15, -0.1) is 0 Å². The zero-order valence-corrected chi connectivity index (χ0v) is 16.7. The summed E-state index contributed by atoms with van der Waals surface area (Å²) in [6, 6.07) is 1.69. The second-order valence-corrected chi connectivity index (χ2v) is 7.95. The van der Waals surface area contributed by atoms with E-state index in [1.165, 1.54) is 0 Å². The summed E-state index contributed by atoms with van der Waals surface area (Å²) >= 11 is 0. The molecule has 0 aliphatic carbocycles. The van der Waals surface area contributed by atoms with Gasteiger partial charge in [-0.3, -0.25) is 14.3 Å². The maximum Gasteiger partial charge on any atom is 0.292 e. The Morgan fingerprint density at radius 2 is 2.14 bits per heavy atom. The van der Waals surface area contributed by atoms with Crippen LogP contribution in [0.2, 0.25) is 0 Å². The number of carbonyl (C=O) groups excluding carboxylic acids is 2. The molecule has 150 valence electrons. The van der Waals surface area contributed by atoms with E-state index in [2.05, 4.69) is 17.2 Å². The number of amides is 2. The maximum atomic E-state index is 13.2. The van der Waals surface area contributed by atoms with Crippen molar-refractivity contribution >= 4 is 11.8 Å². The Labute approximate surface area is 164 Å². The lowest BCUT2D eigenvalue weighted by atomic mass is 9.76. The highest BCUT2D eigenvalue weighted by atomic mass is 16.5. The predicted octanol–water partition coefficient (Wildman–Crippen LogP) is 2.56. The Kier molecular flexibility index (Phi) is 4.72. The van der Waals surface area contributed by atoms with Crippen LogP contribution in [-0.4, -0.2) is 61.2 Å². The summed E-state index contributed by atoms with van der Waals surface area (Å²) in [6.07, 6.45) is 7.19. The molecule has 2 aliphatic heterocycles. The van der Waals surface area contributed by atoms with Crippen LogP contribution in [0.4, 0.5) is 0 Å². The molecule has 28 heavy (non-hydrogen) atoms. The average molecular weight is 385 g/mol. The highest BCUT2D eigenvalue weighted by Gasteiger charge is 2.50. The summed E-state index contributed by atoms with van der Waals surface area (Å²) in [7, 11) is 0. The topological polar surface area (TPSA) is 84.5 Å². The second-order valence-electron chi connectivity index (χ2n) is 7.95. The minimum absolute atomic E-state index is 0.00258. The van der Waals surface area contributed by atoms with Crippen molar-refractivity contribution in [2.75, 3.05) is 13.1 Å². The summed E-state index contributed by atoms with van der Waals surface area (Å²) in [5, 5.41) is 8.32. The lowest BCUT2D eigenvalue weighted by Crippen LogP contribution is -2.67. The van der Waals surface area contributed by atoms with Crippen LogP contribution in [0.5, 0.6) is 0 Å². The van der Waals surface area contributed by atoms with Crippen molar-refractivity contribution in [3.63, 3.8) is 0 Å². The normalized spacial score (nSPS) is 24.9. The lowest BCUT2D eigenvalue weighted by molar-refractivity contribution is -0.143. The minimum atomic E-state index is -0.316. The van der Waals surface area contributed by atoms with Gasteiger partial charge >= 0.3 is 0 Å². The third-order valence-electron chi connectivity index (χ3n) is 6.27. The molecule has 0 aromatic carbocycles. The van der Waals surface area contributed by atoms with Gasteiger partial charge in [-0.25, -0.2) is 0 Å². The molecule has 8 heteroatoms. The van der Waals surface area contributed by atoms with Crippen LogP contribution in [0.1, 0.15) is 57.0 Å². The number of likely N-dealkylation sites (tertiary alicyclic amines) is 2. The van der Waals surface area contributed by atoms with Gasteiger partial charge in [0, 0.05) is 44.4 Å². The molecule has 0 spiro atoms. The zero-order valence-electron chi connectivity index (χ0n) is 16.7. The molecule has 4 rings (SSSR count). The summed E-state index contributed by atoms with van der Waals surface area (Å²) in [5.74, 6) is 0.169. The Morgan fingerprint density at radius 3 is 2.86 bits per heavy atom. The van der Waals surface area contributed by atoms with E-state index in [0.717, 1.165) is 44.3 Å². The monoisotopic (exact) mass is 385 g/mol. The quantitative estimate of drug-likeness (QED) is 0.811. The molecule has 0 unspecified atom stereocenters. The fraction of sp³-hybridized carbons (Fsp3) is 0.600. The number of nitrogens with zero attached hydrogens (tertiary/aromatic N) is 5. The van der Waals surface area contributed by atoms with Crippen molar-refractivity contribution in [1.29, 1.82) is 0 Å². The fourth-order valence-corrected chi connectivity index (χ4v) is 4.83. The van der Waals surface area contributed by atoms with Crippen molar-refractivity contribution in [3.8, 4) is 11.3 Å². The van der Waals surface area contributed by atoms with Gasteiger partial charge in [-0.2, -0.15) is 5.10 Å². The lowest BCUT2D eigenvalue weighted by Gasteiger charge is -2.56. The van der Waals surface area contributed by atoms with Gasteiger partial charge < -0.3 is 14.3 Å². The molecule has 2 aromatic rings. The summed E-state index contributed by atoms with van der Waals surface area (Å²) in [5.41, 5.74) is 1.12. The number of piperidine rings is 2. The van der Waals surface area contributed by atoms with Crippen LogP contribution >= 0.6 is 0 Å². The molecular formula is C20H27N5O3. The van der Waals surface area contributed by atoms with Crippen molar-refractivity contribution < 1.29 is 14.1 Å². The first kappa shape index (κ1) is 18.7. The Bertz CT molecular complexity index is 888. The molecule has 2 saturated heterocycles. The molecule has 0 radical (unpaired) electrons. The molecule has 2 fully saturated rings. The van der Waals surface area contributed by atoms with E-state index in [1.54, 1.807) is 23.9 Å². The largest absolute Gasteiger partial charge is 0.350 e. The molecular weight excluding hydrogens is 358 g/mol. The first-order valence-electron chi connectivity index (χ1n) is 10.0. The van der Waals surface area contributed by atoms with Crippen molar-refractivity contribution in [3.05, 3.63) is 24.2 Å². The number of hydrogen-bond donors (Lipinski definition) is 0. The number of aryl methyl sites for hydroxylation is 1. The van der Waals surface area contributed by atoms with Crippen LogP contribution in [-0.2, 0) is 11.3 Å². The Balaban J connectivity index is 1.58. The molecule has 2 aliphatic rings. The summed E-state index contributed by atoms with van der Waals surface area (Å²) in [4.78, 5) is 29.3. The van der Waals surface area contributed by atoms with Gasteiger partial charge in [0.05, 0.1) is 17.8 Å². The minimum Gasteiger partial charge on any atom is -0.350 e. The number of carbonyl (C=O) groups is 2. The van der Waals surface area contributed by atoms with E-state index in [1.807, 2.05) is 22.9 Å². The van der Waals surface area contributed by atoms with Gasteiger partial charge in [0.1, 0.15) is 5.69 Å². The second kappa shape index (κ2) is 7.07. The van der Waals surface area contributed by atoms with E-state index in [0.29, 0.717) is 12.2 Å². The molecule has 4 heterocycles. The molecule has 2 atom stereocenters. The summed E-state index contributed by atoms with van der Waals surface area (Å²) < 4.78 is 7.21. The van der Waals surface area contributed by atoms with E-state index in [9.17, 15) is 9.59 Å². The van der Waals surface area contributed by atoms with Gasteiger partial charge in [-0.1, -0.05) is 5.16 Å². The van der Waals surface area contributed by atoms with Crippen LogP contribution in [0.15, 0.2) is 23.0 Å². The van der Waals surface area contributed by atoms with Crippen LogP contribution in [0, 0.1) is 0 Å². The van der Waals surface area contributed by atoms with Gasteiger partial charge in [-0.05, 0) is 39.5 Å². The Morgan fingerprint density at radius 1 is 1.32 bits per heavy atom. The number of hydrogen-bond acceptors (Lipinski definition) is 5. The molecule has 0 N–H and O–H groups in total. The van der Waals surface area contributed by atoms with Crippen molar-refractivity contribution in [1.82, 2.24) is 24.7 Å². The fourth-order valence-electron chi connectivity index (χ4n) is 4.83. The molecule has 8 nitrogen and oxygen atoms in total. The van der Waals surface area contributed by atoms with Crippen LogP contribution in [0.25, 0.3) is 11.3 Å². The standard InChI is InChI=1S/C20H27N5O3/c1-4-23-13-15(12-21-23)16-11-17(28-22-16)19(27)24-9-6-8-20(3)18(24)7-5-10-25(20)14(2)26/h11-13,18H,4-10H2,1-3H3/t18-,20+/m1/s1. The number of rotatable bonds is 3. The zero-order chi connectivity index (χ0) is 19.9. The average Bonchev–Trinajstić information content (AvgIpc) is 3.34. The van der Waals surface area contributed by atoms with E-state index in [4.69, 9.17) is 4.52 Å². The Hall–Kier alpha value is -2.64. The third kappa shape index (κ3) is 3.00. The predicted molar refractivity (Wildman–Crippen MR) is 102 cm³/mol. The van der Waals surface area contributed by atoms with Crippen molar-refractivity contribution in [2.24, 2.45) is 0 Å². The van der Waals surface area contributed by atoms with E-state index < -0.39 is 0 Å². The first-order valence-corrected chi connectivity index (χ1v) is 10.0.